The number of nitrogen functional groups attached to an aromatic ring is 1. The van der Waals surface area contributed by atoms with E-state index < -0.39 is 22.8 Å². The van der Waals surface area contributed by atoms with Crippen molar-refractivity contribution in [1.82, 2.24) is 19.4 Å². The van der Waals surface area contributed by atoms with Gasteiger partial charge in [-0.2, -0.15) is 0 Å². The molecule has 3 rings (SSSR count). The number of carbonyl (C=O) groups excluding carboxylic acids is 1. The smallest absolute Gasteiger partial charge is 0.332 e. The third-order valence-corrected chi connectivity index (χ3v) is 5.14. The molecule has 0 bridgehead atoms. The Labute approximate surface area is 169 Å². The van der Waals surface area contributed by atoms with Crippen LogP contribution in [-0.4, -0.2) is 26.4 Å². The van der Waals surface area contributed by atoms with E-state index in [1.165, 1.54) is 35.6 Å². The average Bonchev–Trinajstić information content (AvgIpc) is 3.20. The highest BCUT2D eigenvalue weighted by Gasteiger charge is 2.22. The molecule has 1 aromatic carbocycles. The quantitative estimate of drug-likeness (QED) is 0.533. The molecule has 0 saturated heterocycles. The molecule has 0 radical (unpaired) electrons. The molecule has 0 fully saturated rings. The molecule has 0 aliphatic heterocycles. The first-order valence-corrected chi connectivity index (χ1v) is 9.80. The summed E-state index contributed by atoms with van der Waals surface area (Å²) < 4.78 is 15.3. The summed E-state index contributed by atoms with van der Waals surface area (Å²) in [6.07, 6.45) is 1.66. The van der Waals surface area contributed by atoms with Crippen LogP contribution in [0.4, 0.5) is 10.2 Å². The van der Waals surface area contributed by atoms with E-state index in [9.17, 15) is 18.8 Å². The molecule has 29 heavy (non-hydrogen) atoms. The molecule has 3 N–H and O–H groups in total. The van der Waals surface area contributed by atoms with Gasteiger partial charge in [0.1, 0.15) is 22.2 Å². The highest BCUT2D eigenvalue weighted by molar-refractivity contribution is 7.09. The van der Waals surface area contributed by atoms with Crippen molar-refractivity contribution < 1.29 is 9.18 Å². The Balaban J connectivity index is 1.93. The highest BCUT2D eigenvalue weighted by atomic mass is 32.1. The van der Waals surface area contributed by atoms with E-state index in [2.05, 4.69) is 10.3 Å². The third-order valence-electron chi connectivity index (χ3n) is 4.36. The van der Waals surface area contributed by atoms with E-state index in [-0.39, 0.29) is 31.0 Å². The number of halogens is 1. The number of benzene rings is 1. The number of rotatable bonds is 8. The van der Waals surface area contributed by atoms with Crippen LogP contribution in [0.5, 0.6) is 0 Å². The standard InChI is InChI=1S/C19H20FN5O3S/c1-2-24-18(27)16(14(26)9-22-10-15-23-7-8-29-15)17(21)25(19(24)28)11-12-3-5-13(20)6-4-12/h3-8,22H,2,9-11,21H2,1H3. The van der Waals surface area contributed by atoms with Gasteiger partial charge in [0.15, 0.2) is 5.78 Å². The predicted octanol–water partition coefficient (Wildman–Crippen LogP) is 1.23. The monoisotopic (exact) mass is 417 g/mol. The minimum atomic E-state index is -0.716. The molecular weight excluding hydrogens is 397 g/mol. The topological polar surface area (TPSA) is 112 Å². The number of hydrogen-bond acceptors (Lipinski definition) is 7. The normalized spacial score (nSPS) is 11.0. The third kappa shape index (κ3) is 4.49. The van der Waals surface area contributed by atoms with Crippen LogP contribution in [0.2, 0.25) is 0 Å². The summed E-state index contributed by atoms with van der Waals surface area (Å²) in [5, 5.41) is 5.56. The molecule has 0 unspecified atom stereocenters. The summed E-state index contributed by atoms with van der Waals surface area (Å²) in [5.74, 6) is -1.12. The van der Waals surface area contributed by atoms with E-state index in [1.54, 1.807) is 13.1 Å². The van der Waals surface area contributed by atoms with Gasteiger partial charge in [-0.05, 0) is 24.6 Å². The van der Waals surface area contributed by atoms with Crippen LogP contribution >= 0.6 is 11.3 Å². The van der Waals surface area contributed by atoms with Gasteiger partial charge in [0.2, 0.25) is 0 Å². The van der Waals surface area contributed by atoms with Crippen LogP contribution in [0.25, 0.3) is 0 Å². The van der Waals surface area contributed by atoms with Crippen molar-refractivity contribution >= 4 is 22.9 Å². The molecule has 3 aromatic rings. The summed E-state index contributed by atoms with van der Waals surface area (Å²) in [5.41, 5.74) is 5.11. The van der Waals surface area contributed by atoms with Crippen molar-refractivity contribution in [3.05, 3.63) is 78.6 Å². The van der Waals surface area contributed by atoms with Gasteiger partial charge < -0.3 is 11.1 Å². The lowest BCUT2D eigenvalue weighted by molar-refractivity contribution is 0.0988. The Morgan fingerprint density at radius 1 is 1.24 bits per heavy atom. The van der Waals surface area contributed by atoms with Crippen molar-refractivity contribution in [2.24, 2.45) is 0 Å². The van der Waals surface area contributed by atoms with Crippen molar-refractivity contribution in [3.63, 3.8) is 0 Å². The van der Waals surface area contributed by atoms with E-state index in [0.717, 1.165) is 14.1 Å². The second-order valence-corrected chi connectivity index (χ2v) is 7.24. The van der Waals surface area contributed by atoms with Gasteiger partial charge >= 0.3 is 5.69 Å². The molecular formula is C19H20FN5O3S. The van der Waals surface area contributed by atoms with Crippen LogP contribution < -0.4 is 22.3 Å². The maximum absolute atomic E-state index is 13.2. The summed E-state index contributed by atoms with van der Waals surface area (Å²) in [6, 6.07) is 5.56. The number of hydrogen-bond donors (Lipinski definition) is 2. The number of thiazole rings is 1. The molecule has 0 atom stereocenters. The number of nitrogens with two attached hydrogens (primary N) is 1. The van der Waals surface area contributed by atoms with Crippen molar-refractivity contribution in [1.29, 1.82) is 0 Å². The minimum absolute atomic E-state index is 0.0120. The van der Waals surface area contributed by atoms with E-state index in [4.69, 9.17) is 5.73 Å². The minimum Gasteiger partial charge on any atom is -0.384 e. The van der Waals surface area contributed by atoms with Crippen LogP contribution in [0, 0.1) is 5.82 Å². The van der Waals surface area contributed by atoms with Gasteiger partial charge in [-0.15, -0.1) is 11.3 Å². The van der Waals surface area contributed by atoms with Crippen LogP contribution in [0.1, 0.15) is 27.9 Å². The number of ketones is 1. The fourth-order valence-electron chi connectivity index (χ4n) is 2.89. The zero-order valence-corrected chi connectivity index (χ0v) is 16.5. The maximum Gasteiger partial charge on any atom is 0.332 e. The number of Topliss-reactive ketones (excluding diaryl/α,β-unsaturated/α-hetero) is 1. The van der Waals surface area contributed by atoms with Crippen LogP contribution in [0.15, 0.2) is 45.4 Å². The van der Waals surface area contributed by atoms with Gasteiger partial charge in [0, 0.05) is 24.7 Å². The maximum atomic E-state index is 13.2. The Morgan fingerprint density at radius 3 is 2.59 bits per heavy atom. The molecule has 0 spiro atoms. The fraction of sp³-hybridized carbons (Fsp3) is 0.263. The number of carbonyl (C=O) groups is 1. The van der Waals surface area contributed by atoms with Crippen LogP contribution in [0.3, 0.4) is 0 Å². The van der Waals surface area contributed by atoms with E-state index in [0.29, 0.717) is 12.1 Å². The Kier molecular flexibility index (Phi) is 6.35. The van der Waals surface area contributed by atoms with Crippen molar-refractivity contribution in [3.8, 4) is 0 Å². The molecule has 0 saturated carbocycles. The number of anilines is 1. The number of nitrogens with one attached hydrogen (secondary N) is 1. The summed E-state index contributed by atoms with van der Waals surface area (Å²) >= 11 is 1.44. The fourth-order valence-corrected chi connectivity index (χ4v) is 3.48. The lowest BCUT2D eigenvalue weighted by Crippen LogP contribution is -2.45. The second kappa shape index (κ2) is 8.93. The van der Waals surface area contributed by atoms with Crippen molar-refractivity contribution in [2.75, 3.05) is 12.3 Å². The first-order chi connectivity index (χ1) is 13.9. The van der Waals surface area contributed by atoms with Gasteiger partial charge in [0.05, 0.1) is 13.1 Å². The first-order valence-electron chi connectivity index (χ1n) is 8.92. The SMILES string of the molecule is CCn1c(=O)c(C(=O)CNCc2nccs2)c(N)n(Cc2ccc(F)cc2)c1=O. The largest absolute Gasteiger partial charge is 0.384 e. The zero-order valence-electron chi connectivity index (χ0n) is 15.7. The molecule has 152 valence electrons. The lowest BCUT2D eigenvalue weighted by Gasteiger charge is -2.16. The molecule has 2 heterocycles. The lowest BCUT2D eigenvalue weighted by atomic mass is 10.1. The average molecular weight is 417 g/mol. The van der Waals surface area contributed by atoms with Gasteiger partial charge in [-0.1, -0.05) is 12.1 Å². The molecule has 2 aromatic heterocycles. The molecule has 0 aliphatic rings. The molecule has 0 aliphatic carbocycles. The Hall–Kier alpha value is -3.11. The van der Waals surface area contributed by atoms with E-state index in [1.807, 2.05) is 5.38 Å². The van der Waals surface area contributed by atoms with Gasteiger partial charge in [-0.3, -0.25) is 18.7 Å². The highest BCUT2D eigenvalue weighted by Crippen LogP contribution is 2.11. The number of aromatic nitrogens is 3. The predicted molar refractivity (Wildman–Crippen MR) is 109 cm³/mol. The Morgan fingerprint density at radius 2 is 1.97 bits per heavy atom. The second-order valence-electron chi connectivity index (χ2n) is 6.26. The van der Waals surface area contributed by atoms with E-state index >= 15 is 0 Å². The summed E-state index contributed by atoms with van der Waals surface area (Å²) in [7, 11) is 0. The van der Waals surface area contributed by atoms with Gasteiger partial charge in [0.25, 0.3) is 5.56 Å². The molecule has 10 heteroatoms. The Bertz CT molecular complexity index is 1120. The molecule has 8 nitrogen and oxygen atoms in total. The first kappa shape index (κ1) is 20.6. The summed E-state index contributed by atoms with van der Waals surface area (Å²) in [4.78, 5) is 42.2. The number of nitrogens with zero attached hydrogens (tertiary/aromatic N) is 3. The van der Waals surface area contributed by atoms with Crippen molar-refractivity contribution in [2.45, 2.75) is 26.6 Å². The van der Waals surface area contributed by atoms with Crippen LogP contribution in [-0.2, 0) is 19.6 Å². The van der Waals surface area contributed by atoms with Gasteiger partial charge in [-0.25, -0.2) is 14.2 Å². The zero-order chi connectivity index (χ0) is 21.0. The summed E-state index contributed by atoms with van der Waals surface area (Å²) in [6.45, 7) is 1.99. The molecule has 0 amide bonds.